The monoisotopic (exact) mass is 675 g/mol. The highest BCUT2D eigenvalue weighted by Gasteiger charge is 2.35. The molecule has 0 aliphatic carbocycles. The van der Waals surface area contributed by atoms with Crippen molar-refractivity contribution in [1.29, 1.82) is 0 Å². The summed E-state index contributed by atoms with van der Waals surface area (Å²) < 4.78 is 24.0. The molecule has 44 heavy (non-hydrogen) atoms. The minimum Gasteiger partial charge on any atom is -0.493 e. The van der Waals surface area contributed by atoms with Crippen LogP contribution in [0, 0.1) is 0 Å². The number of rotatable bonds is 11. The van der Waals surface area contributed by atoms with Gasteiger partial charge < -0.3 is 18.9 Å². The second-order valence-electron chi connectivity index (χ2n) is 11.2. The number of hydrogen-bond donors (Lipinski definition) is 0. The second-order valence-corrected chi connectivity index (χ2v) is 13.0. The third kappa shape index (κ3) is 7.39. The quantitative estimate of drug-likeness (QED) is 0.117. The van der Waals surface area contributed by atoms with Crippen molar-refractivity contribution >= 4 is 55.7 Å². The predicted molar refractivity (Wildman–Crippen MR) is 179 cm³/mol. The SMILES string of the molecule is COc1cc(/C=C2\SC(=O)N(CCOc3cccc4ccccc34)C2=O)cc(Br)c1OCCOc1ccc(C(C)(C)C)cc1. The van der Waals surface area contributed by atoms with Gasteiger partial charge in [-0.2, -0.15) is 0 Å². The van der Waals surface area contributed by atoms with E-state index in [0.29, 0.717) is 45.4 Å². The van der Waals surface area contributed by atoms with Crippen LogP contribution in [0.15, 0.2) is 88.2 Å². The number of fused-ring (bicyclic) bond motifs is 1. The van der Waals surface area contributed by atoms with Crippen LogP contribution in [0.2, 0.25) is 0 Å². The summed E-state index contributed by atoms with van der Waals surface area (Å²) in [6, 6.07) is 25.4. The van der Waals surface area contributed by atoms with E-state index in [9.17, 15) is 9.59 Å². The highest BCUT2D eigenvalue weighted by atomic mass is 79.9. The third-order valence-electron chi connectivity index (χ3n) is 7.06. The molecule has 0 saturated carbocycles. The predicted octanol–water partition coefficient (Wildman–Crippen LogP) is 8.48. The van der Waals surface area contributed by atoms with Gasteiger partial charge in [-0.15, -0.1) is 0 Å². The number of hydrogen-bond acceptors (Lipinski definition) is 7. The van der Waals surface area contributed by atoms with E-state index in [1.165, 1.54) is 10.5 Å². The molecular formula is C35H34BrNO6S. The Bertz CT molecular complexity index is 1690. The maximum atomic E-state index is 13.1. The lowest BCUT2D eigenvalue weighted by atomic mass is 9.87. The summed E-state index contributed by atoms with van der Waals surface area (Å²) in [6.45, 7) is 7.51. The molecule has 4 aromatic carbocycles. The molecular weight excluding hydrogens is 642 g/mol. The zero-order valence-corrected chi connectivity index (χ0v) is 27.5. The Hall–Kier alpha value is -3.95. The molecule has 1 fully saturated rings. The zero-order chi connectivity index (χ0) is 31.3. The summed E-state index contributed by atoms with van der Waals surface area (Å²) in [4.78, 5) is 27.4. The maximum Gasteiger partial charge on any atom is 0.293 e. The fourth-order valence-corrected chi connectivity index (χ4v) is 6.17. The molecule has 1 aliphatic heterocycles. The summed E-state index contributed by atoms with van der Waals surface area (Å²) in [7, 11) is 1.55. The number of halogens is 1. The molecule has 5 rings (SSSR count). The van der Waals surface area contributed by atoms with Crippen LogP contribution in [0.1, 0.15) is 31.9 Å². The highest BCUT2D eigenvalue weighted by Crippen LogP contribution is 2.39. The Morgan fingerprint density at radius 3 is 2.32 bits per heavy atom. The Balaban J connectivity index is 1.18. The van der Waals surface area contributed by atoms with Crippen molar-refractivity contribution in [1.82, 2.24) is 4.90 Å². The molecule has 9 heteroatoms. The number of carbonyl (C=O) groups excluding carboxylic acids is 2. The number of benzene rings is 4. The van der Waals surface area contributed by atoms with Crippen molar-refractivity contribution in [3.63, 3.8) is 0 Å². The Morgan fingerprint density at radius 2 is 1.57 bits per heavy atom. The molecule has 0 aromatic heterocycles. The third-order valence-corrected chi connectivity index (χ3v) is 8.56. The number of nitrogens with zero attached hydrogens (tertiary/aromatic N) is 1. The fraction of sp³-hybridized carbons (Fsp3) is 0.257. The smallest absolute Gasteiger partial charge is 0.293 e. The first-order valence-electron chi connectivity index (χ1n) is 14.2. The minimum absolute atomic E-state index is 0.0821. The van der Waals surface area contributed by atoms with E-state index in [1.54, 1.807) is 19.3 Å². The van der Waals surface area contributed by atoms with Crippen LogP contribution < -0.4 is 18.9 Å². The van der Waals surface area contributed by atoms with Crippen LogP contribution in [0.5, 0.6) is 23.0 Å². The largest absolute Gasteiger partial charge is 0.493 e. The maximum absolute atomic E-state index is 13.1. The van der Waals surface area contributed by atoms with E-state index in [1.807, 2.05) is 60.7 Å². The molecule has 1 saturated heterocycles. The van der Waals surface area contributed by atoms with Gasteiger partial charge in [-0.05, 0) is 86.0 Å². The number of amides is 2. The van der Waals surface area contributed by atoms with Gasteiger partial charge in [0.25, 0.3) is 11.1 Å². The van der Waals surface area contributed by atoms with Gasteiger partial charge in [0.15, 0.2) is 11.5 Å². The van der Waals surface area contributed by atoms with E-state index in [2.05, 4.69) is 48.8 Å². The molecule has 0 atom stereocenters. The van der Waals surface area contributed by atoms with Gasteiger partial charge in [-0.3, -0.25) is 14.5 Å². The average molecular weight is 677 g/mol. The van der Waals surface area contributed by atoms with Gasteiger partial charge >= 0.3 is 0 Å². The number of imide groups is 1. The van der Waals surface area contributed by atoms with E-state index < -0.39 is 0 Å². The van der Waals surface area contributed by atoms with Crippen LogP contribution in [0.3, 0.4) is 0 Å². The normalized spacial score (nSPS) is 14.4. The van der Waals surface area contributed by atoms with Crippen LogP contribution >= 0.6 is 27.7 Å². The number of methoxy groups -OCH3 is 1. The first kappa shape index (κ1) is 31.5. The molecule has 7 nitrogen and oxygen atoms in total. The summed E-state index contributed by atoms with van der Waals surface area (Å²) >= 11 is 4.47. The lowest BCUT2D eigenvalue weighted by Gasteiger charge is -2.19. The molecule has 2 amide bonds. The Kier molecular flexibility index (Phi) is 9.86. The van der Waals surface area contributed by atoms with Gasteiger partial charge in [-0.1, -0.05) is 69.3 Å². The zero-order valence-electron chi connectivity index (χ0n) is 25.1. The lowest BCUT2D eigenvalue weighted by Crippen LogP contribution is -2.32. The van der Waals surface area contributed by atoms with E-state index >= 15 is 0 Å². The summed E-state index contributed by atoms with van der Waals surface area (Å²) in [5.74, 6) is 2.14. The van der Waals surface area contributed by atoms with Gasteiger partial charge in [0.1, 0.15) is 31.3 Å². The molecule has 0 spiro atoms. The molecule has 4 aromatic rings. The first-order valence-corrected chi connectivity index (χ1v) is 15.8. The van der Waals surface area contributed by atoms with Gasteiger partial charge in [0, 0.05) is 5.39 Å². The van der Waals surface area contributed by atoms with Gasteiger partial charge in [0.2, 0.25) is 0 Å². The van der Waals surface area contributed by atoms with Crippen molar-refractivity contribution in [2.24, 2.45) is 0 Å². The molecule has 1 heterocycles. The topological polar surface area (TPSA) is 74.3 Å². The number of ether oxygens (including phenoxy) is 4. The first-order chi connectivity index (χ1) is 21.1. The van der Waals surface area contributed by atoms with E-state index in [4.69, 9.17) is 18.9 Å². The molecule has 0 radical (unpaired) electrons. The molecule has 0 bridgehead atoms. The van der Waals surface area contributed by atoms with Crippen molar-refractivity contribution in [2.45, 2.75) is 26.2 Å². The van der Waals surface area contributed by atoms with Crippen molar-refractivity contribution < 1.29 is 28.5 Å². The summed E-state index contributed by atoms with van der Waals surface area (Å²) in [5.41, 5.74) is 2.01. The molecule has 228 valence electrons. The molecule has 0 N–H and O–H groups in total. The van der Waals surface area contributed by atoms with Crippen LogP contribution in [0.4, 0.5) is 4.79 Å². The van der Waals surface area contributed by atoms with Gasteiger partial charge in [-0.25, -0.2) is 0 Å². The van der Waals surface area contributed by atoms with Crippen LogP contribution in [-0.2, 0) is 10.2 Å². The number of thioether (sulfide) groups is 1. The van der Waals surface area contributed by atoms with E-state index in [-0.39, 0.29) is 29.7 Å². The van der Waals surface area contributed by atoms with Crippen molar-refractivity contribution in [2.75, 3.05) is 33.5 Å². The highest BCUT2D eigenvalue weighted by molar-refractivity contribution is 9.10. The summed E-state index contributed by atoms with van der Waals surface area (Å²) in [5, 5.41) is 1.71. The Morgan fingerprint density at radius 1 is 0.841 bits per heavy atom. The average Bonchev–Trinajstić information content (AvgIpc) is 3.27. The van der Waals surface area contributed by atoms with Gasteiger partial charge in [0.05, 0.1) is 23.0 Å². The van der Waals surface area contributed by atoms with Crippen molar-refractivity contribution in [3.05, 3.63) is 99.4 Å². The second kappa shape index (κ2) is 13.8. The van der Waals surface area contributed by atoms with Crippen LogP contribution in [-0.4, -0.2) is 49.5 Å². The molecule has 1 aliphatic rings. The fourth-order valence-electron chi connectivity index (χ4n) is 4.73. The van der Waals surface area contributed by atoms with Crippen molar-refractivity contribution in [3.8, 4) is 23.0 Å². The van der Waals surface area contributed by atoms with E-state index in [0.717, 1.165) is 28.3 Å². The lowest BCUT2D eigenvalue weighted by molar-refractivity contribution is -0.123. The Labute approximate surface area is 270 Å². The standard InChI is InChI=1S/C35H34BrNO6S/c1-35(2,3)25-12-14-26(15-13-25)41-18-19-43-32-28(36)20-23(21-30(32)40-4)22-31-33(38)37(34(39)44-31)16-17-42-29-11-7-9-24-8-5-6-10-27(24)29/h5-15,20-22H,16-19H2,1-4H3/b31-22-. The van der Waals surface area contributed by atoms with Crippen LogP contribution in [0.25, 0.3) is 16.8 Å². The number of carbonyl (C=O) groups is 2. The molecule has 0 unspecified atom stereocenters. The summed E-state index contributed by atoms with van der Waals surface area (Å²) in [6.07, 6.45) is 1.68. The minimum atomic E-state index is -0.357.